The Morgan fingerprint density at radius 1 is 0.440 bits per heavy atom. The van der Waals surface area contributed by atoms with Crippen LogP contribution in [0.2, 0.25) is 0 Å². The van der Waals surface area contributed by atoms with Gasteiger partial charge < -0.3 is 4.57 Å². The van der Waals surface area contributed by atoms with Gasteiger partial charge in [-0.3, -0.25) is 9.59 Å². The van der Waals surface area contributed by atoms with Crippen molar-refractivity contribution in [3.8, 4) is 39.1 Å². The van der Waals surface area contributed by atoms with Crippen molar-refractivity contribution < 1.29 is 9.59 Å². The summed E-state index contributed by atoms with van der Waals surface area (Å²) in [7, 11) is 0. The highest BCUT2D eigenvalue weighted by Gasteiger charge is 2.40. The summed E-state index contributed by atoms with van der Waals surface area (Å²) in [5.41, 5.74) is 9.96. The maximum atomic E-state index is 14.8. The molecule has 0 saturated carbocycles. The molecule has 0 aliphatic carbocycles. The zero-order valence-corrected chi connectivity index (χ0v) is 26.7. The molecule has 0 bridgehead atoms. The fourth-order valence-electron chi connectivity index (χ4n) is 7.20. The number of carbonyl (C=O) groups is 2. The van der Waals surface area contributed by atoms with Gasteiger partial charge in [-0.2, -0.15) is 0 Å². The second-order valence-electron chi connectivity index (χ2n) is 12.4. The molecular weight excluding hydrogens is 615 g/mol. The zero-order valence-electron chi connectivity index (χ0n) is 26.7. The predicted molar refractivity (Wildman–Crippen MR) is 201 cm³/mol. The molecule has 1 aliphatic heterocycles. The molecule has 2 heterocycles. The maximum Gasteiger partial charge on any atom is 0.268 e. The first-order valence-electron chi connectivity index (χ1n) is 16.4. The Hall–Kier alpha value is -7.03. The molecular formula is C45H27N3O2. The molecule has 1 aliphatic rings. The van der Waals surface area contributed by atoms with Crippen LogP contribution in [0.3, 0.4) is 0 Å². The average molecular weight is 642 g/mol. The summed E-state index contributed by atoms with van der Waals surface area (Å²) in [4.78, 5) is 34.2. The van der Waals surface area contributed by atoms with Crippen LogP contribution in [0.15, 0.2) is 164 Å². The third-order valence-electron chi connectivity index (χ3n) is 9.57. The smallest absolute Gasteiger partial charge is 0.268 e. The van der Waals surface area contributed by atoms with Crippen molar-refractivity contribution in [3.63, 3.8) is 0 Å². The Labute approximate surface area is 288 Å². The van der Waals surface area contributed by atoms with Crippen molar-refractivity contribution in [2.24, 2.45) is 0 Å². The molecule has 2 amide bonds. The van der Waals surface area contributed by atoms with Gasteiger partial charge in [0.15, 0.2) is 5.69 Å². The van der Waals surface area contributed by atoms with Crippen LogP contribution in [-0.4, -0.2) is 16.4 Å². The van der Waals surface area contributed by atoms with Crippen molar-refractivity contribution in [2.75, 3.05) is 4.90 Å². The van der Waals surface area contributed by atoms with E-state index in [1.165, 1.54) is 4.90 Å². The highest BCUT2D eigenvalue weighted by Crippen LogP contribution is 2.42. The van der Waals surface area contributed by atoms with Gasteiger partial charge in [0.2, 0.25) is 0 Å². The molecule has 0 N–H and O–H groups in total. The number of imide groups is 1. The Balaban J connectivity index is 1.25. The molecule has 5 heteroatoms. The highest BCUT2D eigenvalue weighted by atomic mass is 16.2. The first-order chi connectivity index (χ1) is 24.6. The number of aromatic nitrogens is 1. The molecule has 234 valence electrons. The van der Waals surface area contributed by atoms with E-state index in [1.54, 1.807) is 6.07 Å². The minimum Gasteiger partial charge on any atom is -0.308 e. The molecule has 9 rings (SSSR count). The first kappa shape index (κ1) is 29.1. The summed E-state index contributed by atoms with van der Waals surface area (Å²) in [5, 5.41) is 2.08. The topological polar surface area (TPSA) is 46.7 Å². The summed E-state index contributed by atoms with van der Waals surface area (Å²) < 4.78 is 2.10. The molecule has 0 radical (unpaired) electrons. The second kappa shape index (κ2) is 11.6. The van der Waals surface area contributed by atoms with Crippen LogP contribution >= 0.6 is 0 Å². The SMILES string of the molecule is [C-]#[N+]c1ccc(-c2ccc3c4ccccc4n(-c4cccc5c4C(=O)N(c4cc(-c6ccccc6)ccc4-c4ccccc4)C5=O)c3c2)cc1. The van der Waals surface area contributed by atoms with Crippen LogP contribution in [0.25, 0.3) is 65.7 Å². The van der Waals surface area contributed by atoms with Gasteiger partial charge in [0.25, 0.3) is 11.8 Å². The number of hydrogen-bond acceptors (Lipinski definition) is 2. The normalized spacial score (nSPS) is 12.4. The zero-order chi connectivity index (χ0) is 33.8. The lowest BCUT2D eigenvalue weighted by molar-refractivity contribution is 0.0926. The molecule has 5 nitrogen and oxygen atoms in total. The molecule has 0 fully saturated rings. The lowest BCUT2D eigenvalue weighted by atomic mass is 9.97. The van der Waals surface area contributed by atoms with Gasteiger partial charge in [0, 0.05) is 16.3 Å². The number of carbonyl (C=O) groups excluding carboxylic acids is 2. The van der Waals surface area contributed by atoms with Crippen LogP contribution in [0.4, 0.5) is 11.4 Å². The molecule has 0 atom stereocenters. The van der Waals surface area contributed by atoms with Crippen LogP contribution in [0.5, 0.6) is 0 Å². The summed E-state index contributed by atoms with van der Waals surface area (Å²) >= 11 is 0. The van der Waals surface area contributed by atoms with Gasteiger partial charge in [-0.1, -0.05) is 133 Å². The summed E-state index contributed by atoms with van der Waals surface area (Å²) in [6, 6.07) is 53.4. The Bertz CT molecular complexity index is 2690. The van der Waals surface area contributed by atoms with E-state index in [9.17, 15) is 9.59 Å². The predicted octanol–water partition coefficient (Wildman–Crippen LogP) is 11.1. The molecule has 0 saturated heterocycles. The van der Waals surface area contributed by atoms with Gasteiger partial charge in [-0.15, -0.1) is 0 Å². The van der Waals surface area contributed by atoms with Crippen molar-refractivity contribution >= 4 is 45.0 Å². The molecule has 1 aromatic heterocycles. The lowest BCUT2D eigenvalue weighted by Gasteiger charge is -2.20. The maximum absolute atomic E-state index is 14.8. The lowest BCUT2D eigenvalue weighted by Crippen LogP contribution is -2.30. The van der Waals surface area contributed by atoms with E-state index >= 15 is 0 Å². The average Bonchev–Trinajstić information content (AvgIpc) is 3.65. The van der Waals surface area contributed by atoms with Crippen LogP contribution in [-0.2, 0) is 0 Å². The monoisotopic (exact) mass is 641 g/mol. The van der Waals surface area contributed by atoms with Crippen LogP contribution < -0.4 is 4.90 Å². The quantitative estimate of drug-likeness (QED) is 0.139. The van der Waals surface area contributed by atoms with Crippen molar-refractivity contribution in [1.29, 1.82) is 0 Å². The third kappa shape index (κ3) is 4.55. The summed E-state index contributed by atoms with van der Waals surface area (Å²) in [6.45, 7) is 7.34. The molecule has 50 heavy (non-hydrogen) atoms. The van der Waals surface area contributed by atoms with Crippen LogP contribution in [0.1, 0.15) is 20.7 Å². The van der Waals surface area contributed by atoms with Gasteiger partial charge in [0.05, 0.1) is 40.1 Å². The van der Waals surface area contributed by atoms with Crippen LogP contribution in [0, 0.1) is 6.57 Å². The number of nitrogens with zero attached hydrogens (tertiary/aromatic N) is 3. The van der Waals surface area contributed by atoms with Gasteiger partial charge in [0.1, 0.15) is 0 Å². The third-order valence-corrected chi connectivity index (χ3v) is 9.57. The van der Waals surface area contributed by atoms with Gasteiger partial charge >= 0.3 is 0 Å². The Morgan fingerprint density at radius 2 is 1.06 bits per heavy atom. The van der Waals surface area contributed by atoms with Crippen molar-refractivity contribution in [3.05, 3.63) is 186 Å². The fourth-order valence-corrected chi connectivity index (χ4v) is 7.20. The van der Waals surface area contributed by atoms with Crippen molar-refractivity contribution in [1.82, 2.24) is 4.57 Å². The largest absolute Gasteiger partial charge is 0.308 e. The summed E-state index contributed by atoms with van der Waals surface area (Å²) in [6.07, 6.45) is 0. The number of fused-ring (bicyclic) bond motifs is 4. The van der Waals surface area contributed by atoms with E-state index in [1.807, 2.05) is 127 Å². The number of anilines is 1. The Kier molecular flexibility index (Phi) is 6.75. The number of benzene rings is 7. The fraction of sp³-hybridized carbons (Fsp3) is 0. The van der Waals surface area contributed by atoms with Gasteiger partial charge in [-0.25, -0.2) is 9.74 Å². The summed E-state index contributed by atoms with van der Waals surface area (Å²) in [5.74, 6) is -0.713. The van der Waals surface area contributed by atoms with E-state index in [4.69, 9.17) is 6.57 Å². The minimum absolute atomic E-state index is 0.351. The molecule has 8 aromatic rings. The molecule has 7 aromatic carbocycles. The standard InChI is InChI=1S/C45H27N3O2/c1-46-34-23-19-30(20-24-34)33-22-26-37-36-15-8-9-17-39(36)47(42(37)28-33)40-18-10-16-38-43(40)45(50)48(44(38)49)41-27-32(29-11-4-2-5-12-29)21-25-35(41)31-13-6-3-7-14-31/h2-28H. The van der Waals surface area contributed by atoms with E-state index < -0.39 is 0 Å². The minimum atomic E-state index is -0.361. The number of para-hydroxylation sites is 1. The van der Waals surface area contributed by atoms with E-state index in [0.29, 0.717) is 28.2 Å². The first-order valence-corrected chi connectivity index (χ1v) is 16.4. The van der Waals surface area contributed by atoms with E-state index in [2.05, 4.69) is 39.7 Å². The number of hydrogen-bond donors (Lipinski definition) is 0. The number of amides is 2. The molecule has 0 unspecified atom stereocenters. The van der Waals surface area contributed by atoms with E-state index in [0.717, 1.165) is 55.2 Å². The van der Waals surface area contributed by atoms with E-state index in [-0.39, 0.29) is 11.8 Å². The Morgan fingerprint density at radius 3 is 1.82 bits per heavy atom. The van der Waals surface area contributed by atoms with Crippen molar-refractivity contribution in [2.45, 2.75) is 0 Å². The van der Waals surface area contributed by atoms with Gasteiger partial charge in [-0.05, 0) is 58.1 Å². The second-order valence-corrected chi connectivity index (χ2v) is 12.4. The highest BCUT2D eigenvalue weighted by molar-refractivity contribution is 6.36. The number of rotatable bonds is 5. The molecule has 0 spiro atoms.